The van der Waals surface area contributed by atoms with Crippen LogP contribution in [0.15, 0.2) is 63.2 Å². The van der Waals surface area contributed by atoms with Crippen molar-refractivity contribution in [2.24, 2.45) is 5.10 Å². The van der Waals surface area contributed by atoms with E-state index in [1.54, 1.807) is 18.2 Å². The van der Waals surface area contributed by atoms with Crippen molar-refractivity contribution < 1.29 is 9.53 Å². The standard InChI is InChI=1S/C19H17ClN6O4/c20-14-6-3-4-12(8-14)11-30-15-7-2-1-5-13(15)9-22-24-16(27)10-21-17-18(28)23-19(29)26-25-17/h1-9H,10-11H2,(H,21,25)(H,24,27)(H2,23,26,28,29)/b22-9+. The third-order valence-electron chi connectivity index (χ3n) is 3.72. The van der Waals surface area contributed by atoms with Gasteiger partial charge in [0.25, 0.3) is 11.5 Å². The highest BCUT2D eigenvalue weighted by Gasteiger charge is 2.05. The van der Waals surface area contributed by atoms with Crippen LogP contribution in [0.2, 0.25) is 5.02 Å². The molecule has 0 unspecified atom stereocenters. The molecule has 3 rings (SSSR count). The minimum Gasteiger partial charge on any atom is -0.488 e. The molecule has 1 amide bonds. The molecular weight excluding hydrogens is 412 g/mol. The number of hydrogen-bond acceptors (Lipinski definition) is 7. The molecule has 154 valence electrons. The molecule has 0 aliphatic rings. The first kappa shape index (κ1) is 20.8. The van der Waals surface area contributed by atoms with Crippen molar-refractivity contribution in [3.8, 4) is 5.75 Å². The number of benzene rings is 2. The third kappa shape index (κ3) is 6.04. The summed E-state index contributed by atoms with van der Waals surface area (Å²) in [6.45, 7) is 0.0504. The fourth-order valence-corrected chi connectivity index (χ4v) is 2.56. The molecule has 10 nitrogen and oxygen atoms in total. The molecule has 4 N–H and O–H groups in total. The monoisotopic (exact) mass is 428 g/mol. The number of carbonyl (C=O) groups is 1. The SMILES string of the molecule is O=C(CNc1n[nH]c(=O)[nH]c1=O)N/N=C/c1ccccc1OCc1cccc(Cl)c1. The number of hydrogen-bond donors (Lipinski definition) is 4. The average Bonchev–Trinajstić information content (AvgIpc) is 2.72. The van der Waals surface area contributed by atoms with E-state index in [0.29, 0.717) is 22.9 Å². The Kier molecular flexibility index (Phi) is 6.95. The summed E-state index contributed by atoms with van der Waals surface area (Å²) < 4.78 is 5.81. The van der Waals surface area contributed by atoms with Crippen molar-refractivity contribution in [1.29, 1.82) is 0 Å². The molecule has 0 spiro atoms. The lowest BCUT2D eigenvalue weighted by atomic mass is 10.2. The van der Waals surface area contributed by atoms with E-state index in [0.717, 1.165) is 5.56 Å². The zero-order valence-electron chi connectivity index (χ0n) is 15.5. The number of ether oxygens (including phenoxy) is 1. The summed E-state index contributed by atoms with van der Waals surface area (Å²) in [5, 5.41) is 12.6. The van der Waals surface area contributed by atoms with Crippen molar-refractivity contribution in [1.82, 2.24) is 20.6 Å². The summed E-state index contributed by atoms with van der Waals surface area (Å²) in [5.74, 6) is -0.123. The summed E-state index contributed by atoms with van der Waals surface area (Å²) in [6, 6.07) is 14.5. The van der Waals surface area contributed by atoms with Gasteiger partial charge in [-0.05, 0) is 29.8 Å². The van der Waals surface area contributed by atoms with E-state index >= 15 is 0 Å². The van der Waals surface area contributed by atoms with E-state index < -0.39 is 17.2 Å². The van der Waals surface area contributed by atoms with E-state index in [1.807, 2.05) is 35.3 Å². The molecule has 0 radical (unpaired) electrons. The van der Waals surface area contributed by atoms with Crippen LogP contribution in [0.25, 0.3) is 0 Å². The predicted molar refractivity (Wildman–Crippen MR) is 112 cm³/mol. The van der Waals surface area contributed by atoms with E-state index in [4.69, 9.17) is 16.3 Å². The van der Waals surface area contributed by atoms with E-state index in [2.05, 4.69) is 26.0 Å². The quantitative estimate of drug-likeness (QED) is 0.314. The lowest BCUT2D eigenvalue weighted by molar-refractivity contribution is -0.119. The molecular formula is C19H17ClN6O4. The Balaban J connectivity index is 1.54. The molecule has 0 aliphatic heterocycles. The molecule has 1 aromatic heterocycles. The highest BCUT2D eigenvalue weighted by Crippen LogP contribution is 2.18. The van der Waals surface area contributed by atoms with Gasteiger partial charge in [-0.1, -0.05) is 35.9 Å². The van der Waals surface area contributed by atoms with Crippen LogP contribution in [-0.4, -0.2) is 33.8 Å². The smallest absolute Gasteiger partial charge is 0.342 e. The number of H-pyrrole nitrogens is 2. The van der Waals surface area contributed by atoms with Crippen LogP contribution in [0.3, 0.4) is 0 Å². The maximum atomic E-state index is 11.9. The second-order valence-electron chi connectivity index (χ2n) is 5.96. The third-order valence-corrected chi connectivity index (χ3v) is 3.96. The number of nitrogens with one attached hydrogen (secondary N) is 4. The van der Waals surface area contributed by atoms with Gasteiger partial charge < -0.3 is 10.1 Å². The maximum Gasteiger partial charge on any atom is 0.342 e. The highest BCUT2D eigenvalue weighted by atomic mass is 35.5. The van der Waals surface area contributed by atoms with Crippen LogP contribution < -0.4 is 26.7 Å². The highest BCUT2D eigenvalue weighted by molar-refractivity contribution is 6.30. The van der Waals surface area contributed by atoms with Gasteiger partial charge in [-0.15, -0.1) is 5.10 Å². The molecule has 0 saturated carbocycles. The molecule has 0 bridgehead atoms. The van der Waals surface area contributed by atoms with E-state index in [1.165, 1.54) is 6.21 Å². The molecule has 0 atom stereocenters. The number of hydrazone groups is 1. The van der Waals surface area contributed by atoms with Crippen molar-refractivity contribution in [3.63, 3.8) is 0 Å². The molecule has 11 heteroatoms. The van der Waals surface area contributed by atoms with Crippen LogP contribution in [0.5, 0.6) is 5.75 Å². The van der Waals surface area contributed by atoms with Gasteiger partial charge >= 0.3 is 5.69 Å². The van der Waals surface area contributed by atoms with E-state index in [-0.39, 0.29) is 12.4 Å². The lowest BCUT2D eigenvalue weighted by Gasteiger charge is -2.09. The Morgan fingerprint density at radius 3 is 2.83 bits per heavy atom. The minimum absolute atomic E-state index is 0.187. The molecule has 1 heterocycles. The number of nitrogens with zero attached hydrogens (tertiary/aromatic N) is 2. The Hall–Kier alpha value is -3.92. The summed E-state index contributed by atoms with van der Waals surface area (Å²) in [7, 11) is 0. The lowest BCUT2D eigenvalue weighted by Crippen LogP contribution is -2.31. The van der Waals surface area contributed by atoms with Crippen molar-refractivity contribution in [2.75, 3.05) is 11.9 Å². The van der Waals surface area contributed by atoms with Crippen LogP contribution in [0, 0.1) is 0 Å². The van der Waals surface area contributed by atoms with Crippen molar-refractivity contribution >= 4 is 29.5 Å². The maximum absolute atomic E-state index is 11.9. The van der Waals surface area contributed by atoms with Gasteiger partial charge in [0, 0.05) is 10.6 Å². The van der Waals surface area contributed by atoms with Gasteiger partial charge in [0.05, 0.1) is 12.8 Å². The zero-order valence-corrected chi connectivity index (χ0v) is 16.3. The number of aromatic amines is 2. The summed E-state index contributed by atoms with van der Waals surface area (Å²) in [6.07, 6.45) is 1.44. The average molecular weight is 429 g/mol. The van der Waals surface area contributed by atoms with Crippen molar-refractivity contribution in [3.05, 3.63) is 85.5 Å². The van der Waals surface area contributed by atoms with Crippen LogP contribution >= 0.6 is 11.6 Å². The Morgan fingerprint density at radius 1 is 1.20 bits per heavy atom. The molecule has 30 heavy (non-hydrogen) atoms. The summed E-state index contributed by atoms with van der Waals surface area (Å²) in [4.78, 5) is 36.3. The summed E-state index contributed by atoms with van der Waals surface area (Å²) in [5.41, 5.74) is 2.42. The van der Waals surface area contributed by atoms with Crippen LogP contribution in [-0.2, 0) is 11.4 Å². The first-order valence-electron chi connectivity index (χ1n) is 8.72. The Labute approximate surface area is 174 Å². The van der Waals surface area contributed by atoms with Gasteiger partial charge in [0.15, 0.2) is 0 Å². The van der Waals surface area contributed by atoms with Crippen molar-refractivity contribution in [2.45, 2.75) is 6.61 Å². The number of rotatable bonds is 8. The number of halogens is 1. The topological polar surface area (TPSA) is 141 Å². The number of para-hydroxylation sites is 1. The minimum atomic E-state index is -0.740. The second-order valence-corrected chi connectivity index (χ2v) is 6.40. The Bertz CT molecular complexity index is 1170. The molecule has 0 fully saturated rings. The van der Waals surface area contributed by atoms with Crippen LogP contribution in [0.4, 0.5) is 5.82 Å². The zero-order chi connectivity index (χ0) is 21.3. The van der Waals surface area contributed by atoms with Gasteiger partial charge in [-0.2, -0.15) is 5.10 Å². The molecule has 2 aromatic carbocycles. The van der Waals surface area contributed by atoms with Crippen LogP contribution in [0.1, 0.15) is 11.1 Å². The first-order chi connectivity index (χ1) is 14.5. The number of anilines is 1. The number of carbonyl (C=O) groups excluding carboxylic acids is 1. The largest absolute Gasteiger partial charge is 0.488 e. The van der Waals surface area contributed by atoms with Gasteiger partial charge in [-0.3, -0.25) is 14.6 Å². The van der Waals surface area contributed by atoms with Gasteiger partial charge in [0.2, 0.25) is 5.82 Å². The van der Waals surface area contributed by atoms with Gasteiger partial charge in [0.1, 0.15) is 12.4 Å². The first-order valence-corrected chi connectivity index (χ1v) is 9.10. The molecule has 0 saturated heterocycles. The molecule has 0 aliphatic carbocycles. The van der Waals surface area contributed by atoms with Gasteiger partial charge in [-0.25, -0.2) is 15.3 Å². The molecule has 3 aromatic rings. The summed E-state index contributed by atoms with van der Waals surface area (Å²) >= 11 is 5.98. The fourth-order valence-electron chi connectivity index (χ4n) is 2.35. The fraction of sp³-hybridized carbons (Fsp3) is 0.105. The number of aromatic nitrogens is 3. The Morgan fingerprint density at radius 2 is 2.03 bits per heavy atom. The normalized spacial score (nSPS) is 10.7. The number of amides is 1. The second kappa shape index (κ2) is 10.0. The van der Waals surface area contributed by atoms with E-state index in [9.17, 15) is 14.4 Å². The predicted octanol–water partition coefficient (Wildman–Crippen LogP) is 1.25.